The van der Waals surface area contributed by atoms with Crippen LogP contribution in [0.1, 0.15) is 56.5 Å². The Bertz CT molecular complexity index is 674. The summed E-state index contributed by atoms with van der Waals surface area (Å²) in [4.78, 5) is 4.56. The summed E-state index contributed by atoms with van der Waals surface area (Å²) in [6.45, 7) is 9.84. The van der Waals surface area contributed by atoms with Gasteiger partial charge in [-0.2, -0.15) is 0 Å². The SMILES string of the molecule is CCNC(=NCc1cc(C(C)C)no1)NCCCCOCc1ccccc1.I. The molecule has 0 aliphatic heterocycles. The van der Waals surface area contributed by atoms with E-state index in [1.165, 1.54) is 5.56 Å². The molecule has 7 heteroatoms. The number of rotatable bonds is 11. The monoisotopic (exact) mass is 500 g/mol. The molecule has 2 rings (SSSR count). The minimum atomic E-state index is 0. The quantitative estimate of drug-likeness (QED) is 0.206. The van der Waals surface area contributed by atoms with Gasteiger partial charge < -0.3 is 19.9 Å². The van der Waals surface area contributed by atoms with Crippen molar-refractivity contribution < 1.29 is 9.26 Å². The number of unbranched alkanes of at least 4 members (excludes halogenated alkanes) is 1. The lowest BCUT2D eigenvalue weighted by atomic mass is 10.1. The summed E-state index contributed by atoms with van der Waals surface area (Å²) in [5, 5.41) is 10.7. The van der Waals surface area contributed by atoms with Crippen LogP contribution in [0.15, 0.2) is 45.9 Å². The number of aromatic nitrogens is 1. The molecule has 0 amide bonds. The zero-order valence-electron chi connectivity index (χ0n) is 17.1. The number of guanidine groups is 1. The van der Waals surface area contributed by atoms with E-state index in [4.69, 9.17) is 9.26 Å². The highest BCUT2D eigenvalue weighted by atomic mass is 127. The van der Waals surface area contributed by atoms with Crippen LogP contribution in [-0.2, 0) is 17.9 Å². The fourth-order valence-corrected chi connectivity index (χ4v) is 2.47. The lowest BCUT2D eigenvalue weighted by Crippen LogP contribution is -2.37. The van der Waals surface area contributed by atoms with Crippen molar-refractivity contribution in [3.8, 4) is 0 Å². The first-order chi connectivity index (χ1) is 13.2. The van der Waals surface area contributed by atoms with E-state index in [2.05, 4.69) is 53.7 Å². The molecule has 0 spiro atoms. The topological polar surface area (TPSA) is 71.7 Å². The first-order valence-electron chi connectivity index (χ1n) is 9.78. The molecular formula is C21H33IN4O2. The number of benzene rings is 1. The Morgan fingerprint density at radius 1 is 1.18 bits per heavy atom. The molecule has 0 radical (unpaired) electrons. The smallest absolute Gasteiger partial charge is 0.191 e. The average molecular weight is 500 g/mol. The van der Waals surface area contributed by atoms with Crippen LogP contribution in [0.2, 0.25) is 0 Å². The van der Waals surface area contributed by atoms with Gasteiger partial charge in [0.05, 0.1) is 12.3 Å². The summed E-state index contributed by atoms with van der Waals surface area (Å²) in [5.41, 5.74) is 2.18. The molecule has 2 aromatic rings. The second-order valence-electron chi connectivity index (χ2n) is 6.74. The third-order valence-electron chi connectivity index (χ3n) is 4.03. The molecule has 1 heterocycles. The largest absolute Gasteiger partial charge is 0.377 e. The minimum absolute atomic E-state index is 0. The van der Waals surface area contributed by atoms with Crippen molar-refractivity contribution in [2.45, 2.75) is 52.7 Å². The van der Waals surface area contributed by atoms with Gasteiger partial charge in [0.1, 0.15) is 6.54 Å². The van der Waals surface area contributed by atoms with Crippen LogP contribution in [0.25, 0.3) is 0 Å². The number of aliphatic imine (C=N–C) groups is 1. The second-order valence-corrected chi connectivity index (χ2v) is 6.74. The van der Waals surface area contributed by atoms with Crippen molar-refractivity contribution in [2.75, 3.05) is 19.7 Å². The molecule has 0 saturated heterocycles. The zero-order valence-corrected chi connectivity index (χ0v) is 19.4. The molecule has 0 aliphatic rings. The van der Waals surface area contributed by atoms with E-state index in [0.29, 0.717) is 19.1 Å². The number of halogens is 1. The minimum Gasteiger partial charge on any atom is -0.377 e. The molecule has 0 saturated carbocycles. The standard InChI is InChI=1S/C21H32N4O2.HI/c1-4-22-21(24-15-19-14-20(17(2)3)25-27-19)23-12-8-9-13-26-16-18-10-6-5-7-11-18;/h5-7,10-11,14,17H,4,8-9,12-13,15-16H2,1-3H3,(H2,22,23,24);1H. The first kappa shape index (κ1) is 24.4. The lowest BCUT2D eigenvalue weighted by Gasteiger charge is -2.11. The second kappa shape index (κ2) is 14.4. The van der Waals surface area contributed by atoms with Gasteiger partial charge in [0.2, 0.25) is 0 Å². The molecule has 0 aliphatic carbocycles. The number of hydrogen-bond donors (Lipinski definition) is 2. The lowest BCUT2D eigenvalue weighted by molar-refractivity contribution is 0.117. The fourth-order valence-electron chi connectivity index (χ4n) is 2.47. The molecule has 6 nitrogen and oxygen atoms in total. The van der Waals surface area contributed by atoms with Gasteiger partial charge >= 0.3 is 0 Å². The Morgan fingerprint density at radius 2 is 1.96 bits per heavy atom. The summed E-state index contributed by atoms with van der Waals surface area (Å²) in [6.07, 6.45) is 2.04. The Labute approximate surface area is 185 Å². The number of nitrogens with zero attached hydrogens (tertiary/aromatic N) is 2. The van der Waals surface area contributed by atoms with Crippen molar-refractivity contribution in [3.05, 3.63) is 53.4 Å². The molecule has 0 bridgehead atoms. The molecular weight excluding hydrogens is 467 g/mol. The molecule has 1 aromatic heterocycles. The maximum atomic E-state index is 5.71. The molecule has 28 heavy (non-hydrogen) atoms. The maximum Gasteiger partial charge on any atom is 0.191 e. The fraction of sp³-hybridized carbons (Fsp3) is 0.524. The van der Waals surface area contributed by atoms with Crippen LogP contribution in [0.4, 0.5) is 0 Å². The van der Waals surface area contributed by atoms with E-state index < -0.39 is 0 Å². The van der Waals surface area contributed by atoms with E-state index in [0.717, 1.165) is 50.0 Å². The summed E-state index contributed by atoms with van der Waals surface area (Å²) in [5.74, 6) is 1.94. The van der Waals surface area contributed by atoms with E-state index in [1.54, 1.807) is 0 Å². The van der Waals surface area contributed by atoms with Crippen LogP contribution in [0, 0.1) is 0 Å². The van der Waals surface area contributed by atoms with Crippen LogP contribution < -0.4 is 10.6 Å². The summed E-state index contributed by atoms with van der Waals surface area (Å²) < 4.78 is 11.0. The van der Waals surface area contributed by atoms with Crippen molar-refractivity contribution >= 4 is 29.9 Å². The van der Waals surface area contributed by atoms with Gasteiger partial charge in [0.15, 0.2) is 11.7 Å². The highest BCUT2D eigenvalue weighted by molar-refractivity contribution is 14.0. The van der Waals surface area contributed by atoms with Crippen LogP contribution >= 0.6 is 24.0 Å². The molecule has 0 fully saturated rings. The van der Waals surface area contributed by atoms with E-state index >= 15 is 0 Å². The highest BCUT2D eigenvalue weighted by Crippen LogP contribution is 2.14. The van der Waals surface area contributed by atoms with Crippen LogP contribution in [-0.4, -0.2) is 30.8 Å². The van der Waals surface area contributed by atoms with Gasteiger partial charge in [0, 0.05) is 25.8 Å². The van der Waals surface area contributed by atoms with Gasteiger partial charge in [-0.1, -0.05) is 49.3 Å². The van der Waals surface area contributed by atoms with E-state index in [9.17, 15) is 0 Å². The first-order valence-corrected chi connectivity index (χ1v) is 9.78. The third kappa shape index (κ3) is 9.54. The summed E-state index contributed by atoms with van der Waals surface area (Å²) in [6, 6.07) is 12.2. The summed E-state index contributed by atoms with van der Waals surface area (Å²) >= 11 is 0. The van der Waals surface area contributed by atoms with Crippen molar-refractivity contribution in [3.63, 3.8) is 0 Å². The number of ether oxygens (including phenoxy) is 1. The molecule has 0 unspecified atom stereocenters. The Kier molecular flexibility index (Phi) is 12.6. The van der Waals surface area contributed by atoms with Crippen LogP contribution in [0.5, 0.6) is 0 Å². The number of nitrogens with one attached hydrogen (secondary N) is 2. The van der Waals surface area contributed by atoms with Gasteiger partial charge in [-0.25, -0.2) is 4.99 Å². The summed E-state index contributed by atoms with van der Waals surface area (Å²) in [7, 11) is 0. The van der Waals surface area contributed by atoms with Gasteiger partial charge in [-0.15, -0.1) is 24.0 Å². The molecule has 2 N–H and O–H groups in total. The van der Waals surface area contributed by atoms with E-state index in [-0.39, 0.29) is 24.0 Å². The van der Waals surface area contributed by atoms with E-state index in [1.807, 2.05) is 24.3 Å². The van der Waals surface area contributed by atoms with Crippen molar-refractivity contribution in [1.29, 1.82) is 0 Å². The predicted octanol–water partition coefficient (Wildman–Crippen LogP) is 4.47. The Hall–Kier alpha value is -1.61. The molecule has 156 valence electrons. The molecule has 0 atom stereocenters. The third-order valence-corrected chi connectivity index (χ3v) is 4.03. The predicted molar refractivity (Wildman–Crippen MR) is 124 cm³/mol. The average Bonchev–Trinajstić information content (AvgIpc) is 3.15. The zero-order chi connectivity index (χ0) is 19.3. The number of hydrogen-bond acceptors (Lipinski definition) is 4. The maximum absolute atomic E-state index is 5.71. The normalized spacial score (nSPS) is 11.4. The Balaban J connectivity index is 0.00000392. The van der Waals surface area contributed by atoms with Crippen LogP contribution in [0.3, 0.4) is 0 Å². The van der Waals surface area contributed by atoms with Crippen molar-refractivity contribution in [1.82, 2.24) is 15.8 Å². The highest BCUT2D eigenvalue weighted by Gasteiger charge is 2.07. The van der Waals surface area contributed by atoms with Gasteiger partial charge in [0.25, 0.3) is 0 Å². The van der Waals surface area contributed by atoms with Gasteiger partial charge in [-0.3, -0.25) is 0 Å². The van der Waals surface area contributed by atoms with Gasteiger partial charge in [-0.05, 0) is 31.2 Å². The molecule has 1 aromatic carbocycles. The van der Waals surface area contributed by atoms with Crippen molar-refractivity contribution in [2.24, 2.45) is 4.99 Å². The Morgan fingerprint density at radius 3 is 2.64 bits per heavy atom.